The molecule has 2 rings (SSSR count). The van der Waals surface area contributed by atoms with E-state index in [0.717, 1.165) is 16.7 Å². The van der Waals surface area contributed by atoms with Gasteiger partial charge in [-0.2, -0.15) is 0 Å². The average Bonchev–Trinajstić information content (AvgIpc) is 2.27. The van der Waals surface area contributed by atoms with Crippen molar-refractivity contribution >= 4 is 10.8 Å². The fourth-order valence-corrected chi connectivity index (χ4v) is 1.87. The van der Waals surface area contributed by atoms with Gasteiger partial charge in [-0.05, 0) is 23.9 Å². The van der Waals surface area contributed by atoms with E-state index in [9.17, 15) is 0 Å². The number of hydrogen-bond donors (Lipinski definition) is 1. The second-order valence-corrected chi connectivity index (χ2v) is 3.69. The minimum atomic E-state index is 0.0424. The predicted octanol–water partition coefficient (Wildman–Crippen LogP) is 2.87. The number of hydrogen-bond acceptors (Lipinski definition) is 2. The van der Waals surface area contributed by atoms with Gasteiger partial charge in [0, 0.05) is 11.4 Å². The molecule has 1 atom stereocenters. The number of methoxy groups -OCH3 is 1. The lowest BCUT2D eigenvalue weighted by Gasteiger charge is -2.12. The van der Waals surface area contributed by atoms with Gasteiger partial charge in [0.15, 0.2) is 0 Å². The zero-order valence-electron chi connectivity index (χ0n) is 9.03. The van der Waals surface area contributed by atoms with E-state index >= 15 is 0 Å². The van der Waals surface area contributed by atoms with Gasteiger partial charge >= 0.3 is 0 Å². The summed E-state index contributed by atoms with van der Waals surface area (Å²) in [6, 6.07) is 12.2. The van der Waals surface area contributed by atoms with E-state index < -0.39 is 0 Å². The van der Waals surface area contributed by atoms with Gasteiger partial charge in [-0.3, -0.25) is 0 Å². The van der Waals surface area contributed by atoms with E-state index in [-0.39, 0.29) is 6.04 Å². The zero-order chi connectivity index (χ0) is 10.8. The summed E-state index contributed by atoms with van der Waals surface area (Å²) in [5, 5.41) is 2.29. The first-order valence-corrected chi connectivity index (χ1v) is 5.05. The summed E-state index contributed by atoms with van der Waals surface area (Å²) < 4.78 is 5.32. The highest BCUT2D eigenvalue weighted by atomic mass is 16.5. The molecule has 0 radical (unpaired) electrons. The smallest absolute Gasteiger partial charge is 0.126 e. The fourth-order valence-electron chi connectivity index (χ4n) is 1.87. The van der Waals surface area contributed by atoms with E-state index in [1.54, 1.807) is 7.11 Å². The standard InChI is InChI=1S/C13H15NO/c1-9(14)10-7-8-13(15-2)12-6-4-3-5-11(10)12/h3-9H,14H2,1-2H3. The minimum absolute atomic E-state index is 0.0424. The van der Waals surface area contributed by atoms with Gasteiger partial charge in [0.1, 0.15) is 5.75 Å². The molecule has 0 amide bonds. The van der Waals surface area contributed by atoms with E-state index in [2.05, 4.69) is 12.1 Å². The van der Waals surface area contributed by atoms with Gasteiger partial charge in [-0.1, -0.05) is 30.3 Å². The molecular weight excluding hydrogens is 186 g/mol. The van der Waals surface area contributed by atoms with Crippen molar-refractivity contribution in [3.05, 3.63) is 42.0 Å². The van der Waals surface area contributed by atoms with Crippen molar-refractivity contribution in [2.24, 2.45) is 5.73 Å². The molecule has 0 aliphatic heterocycles. The zero-order valence-corrected chi connectivity index (χ0v) is 9.03. The topological polar surface area (TPSA) is 35.2 Å². The summed E-state index contributed by atoms with van der Waals surface area (Å²) in [6.45, 7) is 1.99. The Kier molecular flexibility index (Phi) is 2.60. The van der Waals surface area contributed by atoms with Gasteiger partial charge in [-0.15, -0.1) is 0 Å². The van der Waals surface area contributed by atoms with E-state index in [4.69, 9.17) is 10.5 Å². The largest absolute Gasteiger partial charge is 0.496 e. The third-order valence-corrected chi connectivity index (χ3v) is 2.63. The highest BCUT2D eigenvalue weighted by Gasteiger charge is 2.08. The molecule has 15 heavy (non-hydrogen) atoms. The highest BCUT2D eigenvalue weighted by molar-refractivity contribution is 5.91. The Bertz CT molecular complexity index is 477. The summed E-state index contributed by atoms with van der Waals surface area (Å²) in [7, 11) is 1.69. The molecule has 78 valence electrons. The number of ether oxygens (including phenoxy) is 1. The molecule has 0 aliphatic rings. The van der Waals surface area contributed by atoms with Crippen LogP contribution in [-0.2, 0) is 0 Å². The molecule has 2 heteroatoms. The molecule has 2 nitrogen and oxygen atoms in total. The maximum Gasteiger partial charge on any atom is 0.126 e. The molecule has 0 bridgehead atoms. The predicted molar refractivity (Wildman–Crippen MR) is 63.1 cm³/mol. The number of fused-ring (bicyclic) bond motifs is 1. The lowest BCUT2D eigenvalue weighted by Crippen LogP contribution is -2.05. The first-order chi connectivity index (χ1) is 7.24. The Morgan fingerprint density at radius 3 is 2.33 bits per heavy atom. The van der Waals surface area contributed by atoms with Crippen LogP contribution in [0.25, 0.3) is 10.8 Å². The summed E-state index contributed by atoms with van der Waals surface area (Å²) in [4.78, 5) is 0. The highest BCUT2D eigenvalue weighted by Crippen LogP contribution is 2.30. The van der Waals surface area contributed by atoms with Crippen LogP contribution in [0.15, 0.2) is 36.4 Å². The lowest BCUT2D eigenvalue weighted by atomic mass is 9.99. The van der Waals surface area contributed by atoms with Crippen LogP contribution in [0, 0.1) is 0 Å². The second-order valence-electron chi connectivity index (χ2n) is 3.69. The molecular formula is C13H15NO. The summed E-state index contributed by atoms with van der Waals surface area (Å²) in [5.74, 6) is 0.898. The Morgan fingerprint density at radius 1 is 1.07 bits per heavy atom. The average molecular weight is 201 g/mol. The lowest BCUT2D eigenvalue weighted by molar-refractivity contribution is 0.419. The molecule has 2 N–H and O–H groups in total. The number of benzene rings is 2. The van der Waals surface area contributed by atoms with E-state index in [1.165, 1.54) is 5.39 Å². The van der Waals surface area contributed by atoms with Crippen molar-refractivity contribution < 1.29 is 4.74 Å². The Morgan fingerprint density at radius 2 is 1.73 bits per heavy atom. The quantitative estimate of drug-likeness (QED) is 0.810. The molecule has 1 unspecified atom stereocenters. The molecule has 0 saturated heterocycles. The normalized spacial score (nSPS) is 12.7. The molecule has 0 aliphatic carbocycles. The summed E-state index contributed by atoms with van der Waals surface area (Å²) in [5.41, 5.74) is 7.09. The molecule has 0 spiro atoms. The summed E-state index contributed by atoms with van der Waals surface area (Å²) in [6.07, 6.45) is 0. The summed E-state index contributed by atoms with van der Waals surface area (Å²) >= 11 is 0. The van der Waals surface area contributed by atoms with E-state index in [1.807, 2.05) is 31.2 Å². The Hall–Kier alpha value is -1.54. The van der Waals surface area contributed by atoms with Crippen LogP contribution in [0.5, 0.6) is 5.75 Å². The number of rotatable bonds is 2. The van der Waals surface area contributed by atoms with Crippen molar-refractivity contribution in [3.8, 4) is 5.75 Å². The molecule has 2 aromatic rings. The molecule has 0 heterocycles. The van der Waals surface area contributed by atoms with Gasteiger partial charge in [-0.25, -0.2) is 0 Å². The van der Waals surface area contributed by atoms with Crippen LogP contribution in [0.2, 0.25) is 0 Å². The minimum Gasteiger partial charge on any atom is -0.496 e. The fraction of sp³-hybridized carbons (Fsp3) is 0.231. The Balaban J connectivity index is 2.77. The van der Waals surface area contributed by atoms with Crippen molar-refractivity contribution in [2.45, 2.75) is 13.0 Å². The van der Waals surface area contributed by atoms with Crippen molar-refractivity contribution in [1.29, 1.82) is 0 Å². The van der Waals surface area contributed by atoms with Gasteiger partial charge in [0.25, 0.3) is 0 Å². The molecule has 2 aromatic carbocycles. The SMILES string of the molecule is COc1ccc(C(C)N)c2ccccc12. The van der Waals surface area contributed by atoms with Crippen molar-refractivity contribution in [2.75, 3.05) is 7.11 Å². The third kappa shape index (κ3) is 1.68. The third-order valence-electron chi connectivity index (χ3n) is 2.63. The van der Waals surface area contributed by atoms with Gasteiger partial charge in [0.2, 0.25) is 0 Å². The molecule has 0 aromatic heterocycles. The maximum atomic E-state index is 5.93. The van der Waals surface area contributed by atoms with Crippen LogP contribution >= 0.6 is 0 Å². The molecule has 0 saturated carbocycles. The van der Waals surface area contributed by atoms with Crippen LogP contribution in [0.1, 0.15) is 18.5 Å². The van der Waals surface area contributed by atoms with Crippen LogP contribution in [0.3, 0.4) is 0 Å². The molecule has 0 fully saturated rings. The van der Waals surface area contributed by atoms with Crippen LogP contribution < -0.4 is 10.5 Å². The van der Waals surface area contributed by atoms with Crippen molar-refractivity contribution in [3.63, 3.8) is 0 Å². The van der Waals surface area contributed by atoms with Crippen LogP contribution in [-0.4, -0.2) is 7.11 Å². The first-order valence-electron chi connectivity index (χ1n) is 5.05. The van der Waals surface area contributed by atoms with Crippen LogP contribution in [0.4, 0.5) is 0 Å². The maximum absolute atomic E-state index is 5.93. The Labute approximate surface area is 89.7 Å². The van der Waals surface area contributed by atoms with Gasteiger partial charge in [0.05, 0.1) is 7.11 Å². The second kappa shape index (κ2) is 3.91. The van der Waals surface area contributed by atoms with Crippen molar-refractivity contribution in [1.82, 2.24) is 0 Å². The monoisotopic (exact) mass is 201 g/mol. The van der Waals surface area contributed by atoms with E-state index in [0.29, 0.717) is 0 Å². The number of nitrogens with two attached hydrogens (primary N) is 1. The van der Waals surface area contributed by atoms with Gasteiger partial charge < -0.3 is 10.5 Å². The first kappa shape index (κ1) is 9.99.